The molecule has 1 amide bonds. The fourth-order valence-corrected chi connectivity index (χ4v) is 2.93. The molecular formula is C19H16ClN3O5S. The maximum absolute atomic E-state index is 12.2. The molecule has 0 spiro atoms. The summed E-state index contributed by atoms with van der Waals surface area (Å²) in [5.41, 5.74) is 0.639. The largest absolute Gasteiger partial charge is 0.484 e. The van der Waals surface area contributed by atoms with Gasteiger partial charge in [-0.2, -0.15) is 0 Å². The number of thioether (sulfide) groups is 1. The van der Waals surface area contributed by atoms with Gasteiger partial charge in [-0.05, 0) is 36.4 Å². The van der Waals surface area contributed by atoms with Crippen LogP contribution >= 0.6 is 23.4 Å². The van der Waals surface area contributed by atoms with Gasteiger partial charge in [-0.3, -0.25) is 4.79 Å². The number of methoxy groups -OCH3 is 1. The van der Waals surface area contributed by atoms with E-state index in [0.29, 0.717) is 16.5 Å². The lowest BCUT2D eigenvalue weighted by Gasteiger charge is -2.08. The molecule has 8 nitrogen and oxygen atoms in total. The number of hydrogen-bond donors (Lipinski definition) is 1. The molecule has 1 aromatic heterocycles. The van der Waals surface area contributed by atoms with Crippen molar-refractivity contribution in [3.05, 3.63) is 65.0 Å². The predicted octanol–water partition coefficient (Wildman–Crippen LogP) is 3.82. The standard InChI is InChI=1S/C19H16ClN3O5S/c1-26-18(25)14-4-2-3-5-15(14)21-16(24)11-29-19-23-22-17(28-19)10-27-13-8-6-12(20)7-9-13/h2-9H,10-11H2,1H3,(H,21,24). The minimum absolute atomic E-state index is 0.0230. The Hall–Kier alpha value is -3.04. The van der Waals surface area contributed by atoms with Gasteiger partial charge < -0.3 is 19.2 Å². The van der Waals surface area contributed by atoms with Crippen molar-refractivity contribution in [3.8, 4) is 5.75 Å². The minimum Gasteiger partial charge on any atom is -0.484 e. The quantitative estimate of drug-likeness (QED) is 0.422. The summed E-state index contributed by atoms with van der Waals surface area (Å²) in [7, 11) is 1.28. The molecule has 0 bridgehead atoms. The summed E-state index contributed by atoms with van der Waals surface area (Å²) in [6.45, 7) is 0.0912. The first-order valence-electron chi connectivity index (χ1n) is 8.36. The summed E-state index contributed by atoms with van der Waals surface area (Å²) < 4.78 is 15.7. The van der Waals surface area contributed by atoms with Crippen molar-refractivity contribution in [3.63, 3.8) is 0 Å². The van der Waals surface area contributed by atoms with Crippen molar-refractivity contribution in [2.45, 2.75) is 11.8 Å². The summed E-state index contributed by atoms with van der Waals surface area (Å²) in [6, 6.07) is 13.5. The topological polar surface area (TPSA) is 104 Å². The van der Waals surface area contributed by atoms with Gasteiger partial charge in [0.2, 0.25) is 5.91 Å². The second kappa shape index (κ2) is 9.94. The van der Waals surface area contributed by atoms with Gasteiger partial charge in [-0.25, -0.2) is 4.79 Å². The van der Waals surface area contributed by atoms with E-state index >= 15 is 0 Å². The van der Waals surface area contributed by atoms with Gasteiger partial charge in [0.1, 0.15) is 5.75 Å². The molecule has 0 unspecified atom stereocenters. The lowest BCUT2D eigenvalue weighted by molar-refractivity contribution is -0.113. The third kappa shape index (κ3) is 5.97. The first-order valence-corrected chi connectivity index (χ1v) is 9.72. The van der Waals surface area contributed by atoms with E-state index in [2.05, 4.69) is 15.5 Å². The molecule has 0 aliphatic heterocycles. The number of nitrogens with zero attached hydrogens (tertiary/aromatic N) is 2. The third-order valence-electron chi connectivity index (χ3n) is 3.56. The second-order valence-corrected chi connectivity index (χ2v) is 6.94. The SMILES string of the molecule is COC(=O)c1ccccc1NC(=O)CSc1nnc(COc2ccc(Cl)cc2)o1. The summed E-state index contributed by atoms with van der Waals surface area (Å²) in [6.07, 6.45) is 0. The maximum atomic E-state index is 12.2. The zero-order valence-electron chi connectivity index (χ0n) is 15.3. The van der Waals surface area contributed by atoms with Crippen molar-refractivity contribution in [1.82, 2.24) is 10.2 Å². The molecule has 3 aromatic rings. The van der Waals surface area contributed by atoms with E-state index in [1.54, 1.807) is 48.5 Å². The Labute approximate surface area is 175 Å². The van der Waals surface area contributed by atoms with Crippen molar-refractivity contribution in [2.75, 3.05) is 18.2 Å². The zero-order valence-corrected chi connectivity index (χ0v) is 16.8. The molecule has 3 rings (SSSR count). The molecule has 0 saturated carbocycles. The maximum Gasteiger partial charge on any atom is 0.339 e. The van der Waals surface area contributed by atoms with Crippen LogP contribution < -0.4 is 10.1 Å². The van der Waals surface area contributed by atoms with Crippen LogP contribution in [-0.4, -0.2) is 34.9 Å². The summed E-state index contributed by atoms with van der Waals surface area (Å²) in [5, 5.41) is 11.3. The number of esters is 1. The Morgan fingerprint density at radius 3 is 2.66 bits per heavy atom. The van der Waals surface area contributed by atoms with Crippen LogP contribution in [0.15, 0.2) is 58.2 Å². The number of anilines is 1. The average Bonchev–Trinajstić information content (AvgIpc) is 3.19. The Balaban J connectivity index is 1.50. The summed E-state index contributed by atoms with van der Waals surface area (Å²) in [4.78, 5) is 23.9. The van der Waals surface area contributed by atoms with Crippen LogP contribution in [0.4, 0.5) is 5.69 Å². The fourth-order valence-electron chi connectivity index (χ4n) is 2.22. The van der Waals surface area contributed by atoms with E-state index in [0.717, 1.165) is 11.8 Å². The monoisotopic (exact) mass is 433 g/mol. The van der Waals surface area contributed by atoms with Crippen LogP contribution in [0.3, 0.4) is 0 Å². The predicted molar refractivity (Wildman–Crippen MR) is 107 cm³/mol. The lowest BCUT2D eigenvalue weighted by atomic mass is 10.2. The van der Waals surface area contributed by atoms with Crippen LogP contribution in [-0.2, 0) is 16.1 Å². The van der Waals surface area contributed by atoms with Crippen molar-refractivity contribution < 1.29 is 23.5 Å². The van der Waals surface area contributed by atoms with E-state index in [4.69, 9.17) is 25.5 Å². The molecular weight excluding hydrogens is 418 g/mol. The molecule has 0 fully saturated rings. The van der Waals surface area contributed by atoms with Crippen molar-refractivity contribution in [2.24, 2.45) is 0 Å². The number of halogens is 1. The number of hydrogen-bond acceptors (Lipinski definition) is 8. The molecule has 0 radical (unpaired) electrons. The van der Waals surface area contributed by atoms with Gasteiger partial charge in [0.15, 0.2) is 6.61 Å². The number of amides is 1. The Kier molecular flexibility index (Phi) is 7.09. The molecule has 0 atom stereocenters. The van der Waals surface area contributed by atoms with Gasteiger partial charge in [0.25, 0.3) is 11.1 Å². The number of benzene rings is 2. The van der Waals surface area contributed by atoms with E-state index in [1.807, 2.05) is 0 Å². The average molecular weight is 434 g/mol. The lowest BCUT2D eigenvalue weighted by Crippen LogP contribution is -2.17. The van der Waals surface area contributed by atoms with E-state index in [1.165, 1.54) is 7.11 Å². The van der Waals surface area contributed by atoms with Crippen LogP contribution in [0.1, 0.15) is 16.2 Å². The number of carbonyl (C=O) groups is 2. The first-order chi connectivity index (χ1) is 14.0. The van der Waals surface area contributed by atoms with E-state index < -0.39 is 5.97 Å². The van der Waals surface area contributed by atoms with Crippen LogP contribution in [0.2, 0.25) is 5.02 Å². The highest BCUT2D eigenvalue weighted by Gasteiger charge is 2.15. The van der Waals surface area contributed by atoms with Gasteiger partial charge >= 0.3 is 5.97 Å². The van der Waals surface area contributed by atoms with Crippen LogP contribution in [0, 0.1) is 0 Å². The van der Waals surface area contributed by atoms with Crippen LogP contribution in [0.25, 0.3) is 0 Å². The van der Waals surface area contributed by atoms with Gasteiger partial charge in [-0.15, -0.1) is 10.2 Å². The molecule has 2 aromatic carbocycles. The smallest absolute Gasteiger partial charge is 0.339 e. The normalized spacial score (nSPS) is 10.4. The molecule has 150 valence electrons. The Morgan fingerprint density at radius 2 is 1.90 bits per heavy atom. The molecule has 0 aliphatic rings. The first kappa shape index (κ1) is 20.7. The number of aromatic nitrogens is 2. The second-order valence-electron chi connectivity index (χ2n) is 5.58. The van der Waals surface area contributed by atoms with Gasteiger partial charge in [0, 0.05) is 5.02 Å². The highest BCUT2D eigenvalue weighted by Crippen LogP contribution is 2.20. The molecule has 0 saturated heterocycles. The summed E-state index contributed by atoms with van der Waals surface area (Å²) in [5.74, 6) is 0.0542. The molecule has 29 heavy (non-hydrogen) atoms. The van der Waals surface area contributed by atoms with Crippen molar-refractivity contribution >= 4 is 40.9 Å². The van der Waals surface area contributed by atoms with Gasteiger partial charge in [0.05, 0.1) is 24.1 Å². The van der Waals surface area contributed by atoms with E-state index in [-0.39, 0.29) is 34.9 Å². The highest BCUT2D eigenvalue weighted by atomic mass is 35.5. The summed E-state index contributed by atoms with van der Waals surface area (Å²) >= 11 is 6.89. The zero-order chi connectivity index (χ0) is 20.6. The number of rotatable bonds is 8. The number of carbonyl (C=O) groups excluding carboxylic acids is 2. The number of ether oxygens (including phenoxy) is 2. The fraction of sp³-hybridized carbons (Fsp3) is 0.158. The Bertz CT molecular complexity index is 994. The van der Waals surface area contributed by atoms with Gasteiger partial charge in [-0.1, -0.05) is 35.5 Å². The molecule has 10 heteroatoms. The minimum atomic E-state index is -0.532. The molecule has 0 aliphatic carbocycles. The highest BCUT2D eigenvalue weighted by molar-refractivity contribution is 7.99. The number of nitrogens with one attached hydrogen (secondary N) is 1. The van der Waals surface area contributed by atoms with Crippen LogP contribution in [0.5, 0.6) is 5.75 Å². The number of para-hydroxylation sites is 1. The molecule has 1 heterocycles. The Morgan fingerprint density at radius 1 is 1.14 bits per heavy atom. The third-order valence-corrected chi connectivity index (χ3v) is 4.63. The van der Waals surface area contributed by atoms with E-state index in [9.17, 15) is 9.59 Å². The molecule has 1 N–H and O–H groups in total. The van der Waals surface area contributed by atoms with Crippen molar-refractivity contribution in [1.29, 1.82) is 0 Å².